The summed E-state index contributed by atoms with van der Waals surface area (Å²) in [6.45, 7) is 2.29. The molecule has 24 heavy (non-hydrogen) atoms. The lowest BCUT2D eigenvalue weighted by atomic mass is 10.2. The molecular weight excluding hydrogens is 355 g/mol. The van der Waals surface area contributed by atoms with E-state index in [-0.39, 0.29) is 9.81 Å². The van der Waals surface area contributed by atoms with Crippen LogP contribution >= 0.6 is 11.3 Å². The maximum absolute atomic E-state index is 12.0. The molecule has 1 amide bonds. The van der Waals surface area contributed by atoms with Gasteiger partial charge < -0.3 is 14.6 Å². The second-order valence-corrected chi connectivity index (χ2v) is 6.57. The van der Waals surface area contributed by atoms with Crippen LogP contribution in [0.4, 0.5) is 18.0 Å². The highest BCUT2D eigenvalue weighted by Crippen LogP contribution is 2.15. The Morgan fingerprint density at radius 1 is 1.33 bits per heavy atom. The number of rotatable bonds is 5. The van der Waals surface area contributed by atoms with Crippen molar-refractivity contribution in [2.45, 2.75) is 45.7 Å². The van der Waals surface area contributed by atoms with E-state index in [9.17, 15) is 22.8 Å². The summed E-state index contributed by atoms with van der Waals surface area (Å²) in [5, 5.41) is 12.6. The number of amides is 1. The minimum absolute atomic E-state index is 0.0443. The van der Waals surface area contributed by atoms with Crippen molar-refractivity contribution in [3.8, 4) is 0 Å². The highest BCUT2D eigenvalue weighted by Gasteiger charge is 2.27. The fraction of sp³-hybridized carbons (Fsp3) is 0.667. The van der Waals surface area contributed by atoms with Gasteiger partial charge in [0, 0.05) is 0 Å². The maximum Gasteiger partial charge on any atom is 0.436 e. The molecule has 0 unspecified atom stereocenters. The molecule has 0 aromatic carbocycles. The predicted octanol–water partition coefficient (Wildman–Crippen LogP) is 1.94. The van der Waals surface area contributed by atoms with E-state index in [1.54, 1.807) is 20.8 Å². The van der Waals surface area contributed by atoms with Crippen molar-refractivity contribution in [1.82, 2.24) is 9.78 Å². The summed E-state index contributed by atoms with van der Waals surface area (Å²) in [4.78, 5) is 25.9. The van der Waals surface area contributed by atoms with Crippen LogP contribution in [0.2, 0.25) is 0 Å². The van der Waals surface area contributed by atoms with Crippen LogP contribution in [0.3, 0.4) is 0 Å². The zero-order chi connectivity index (χ0) is 18.5. The number of halogens is 3. The van der Waals surface area contributed by atoms with Crippen LogP contribution in [0.1, 0.15) is 25.8 Å². The largest absolute Gasteiger partial charge is 0.480 e. The Kier molecular flexibility index (Phi) is 6.49. The summed E-state index contributed by atoms with van der Waals surface area (Å²) in [7, 11) is 0. The van der Waals surface area contributed by atoms with E-state index in [1.807, 2.05) is 0 Å². The number of aliphatic carboxylic acids is 1. The molecule has 1 rings (SSSR count). The summed E-state index contributed by atoms with van der Waals surface area (Å²) >= 11 is 0.735. The van der Waals surface area contributed by atoms with Crippen molar-refractivity contribution < 1.29 is 37.3 Å². The number of hydrogen-bond acceptors (Lipinski definition) is 6. The molecule has 1 N–H and O–H groups in total. The van der Waals surface area contributed by atoms with E-state index in [0.717, 1.165) is 16.0 Å². The normalized spacial score (nSPS) is 13.2. The molecule has 8 nitrogen and oxygen atoms in total. The number of alkyl halides is 3. The molecule has 0 fully saturated rings. The van der Waals surface area contributed by atoms with Crippen molar-refractivity contribution in [2.24, 2.45) is 4.99 Å². The number of carbonyl (C=O) groups excluding carboxylic acids is 1. The molecule has 1 aromatic heterocycles. The van der Waals surface area contributed by atoms with E-state index < -0.39 is 43.6 Å². The number of ether oxygens (including phenoxy) is 2. The van der Waals surface area contributed by atoms with Crippen LogP contribution in [0.5, 0.6) is 0 Å². The van der Waals surface area contributed by atoms with E-state index >= 15 is 0 Å². The first-order valence-corrected chi connectivity index (χ1v) is 7.38. The Hall–Kier alpha value is -1.95. The van der Waals surface area contributed by atoms with E-state index in [1.165, 1.54) is 0 Å². The van der Waals surface area contributed by atoms with Gasteiger partial charge in [-0.3, -0.25) is 4.79 Å². The highest BCUT2D eigenvalue weighted by atomic mass is 32.1. The first-order chi connectivity index (χ1) is 10.9. The molecule has 136 valence electrons. The van der Waals surface area contributed by atoms with Gasteiger partial charge in [-0.1, -0.05) is 11.3 Å². The SMILES string of the molecule is CC(C)(C)OC(=O)N=c1sc(COCC(F)(F)F)nn1CC(=O)O. The second-order valence-electron chi connectivity index (χ2n) is 5.53. The van der Waals surface area contributed by atoms with Crippen molar-refractivity contribution in [2.75, 3.05) is 6.61 Å². The van der Waals surface area contributed by atoms with Crippen molar-refractivity contribution in [1.29, 1.82) is 0 Å². The highest BCUT2D eigenvalue weighted by molar-refractivity contribution is 7.08. The Morgan fingerprint density at radius 3 is 2.46 bits per heavy atom. The quantitative estimate of drug-likeness (QED) is 0.849. The van der Waals surface area contributed by atoms with Gasteiger partial charge >= 0.3 is 18.2 Å². The van der Waals surface area contributed by atoms with E-state index in [2.05, 4.69) is 14.8 Å². The number of aromatic nitrogens is 2. The molecule has 12 heteroatoms. The molecule has 0 bridgehead atoms. The van der Waals surface area contributed by atoms with Gasteiger partial charge in [-0.2, -0.15) is 18.3 Å². The minimum atomic E-state index is -4.49. The summed E-state index contributed by atoms with van der Waals surface area (Å²) in [5.74, 6) is -1.26. The van der Waals surface area contributed by atoms with Crippen molar-refractivity contribution in [3.63, 3.8) is 0 Å². The van der Waals surface area contributed by atoms with Gasteiger partial charge in [0.1, 0.15) is 30.4 Å². The van der Waals surface area contributed by atoms with Crippen LogP contribution in [0.25, 0.3) is 0 Å². The first-order valence-electron chi connectivity index (χ1n) is 6.56. The average Bonchev–Trinajstić information content (AvgIpc) is 2.66. The number of carboxylic acids is 1. The van der Waals surface area contributed by atoms with Crippen LogP contribution in [0, 0.1) is 0 Å². The smallest absolute Gasteiger partial charge is 0.436 e. The third-order valence-corrected chi connectivity index (χ3v) is 2.94. The lowest BCUT2D eigenvalue weighted by Crippen LogP contribution is -2.26. The lowest BCUT2D eigenvalue weighted by molar-refractivity contribution is -0.176. The molecule has 0 aliphatic rings. The van der Waals surface area contributed by atoms with Crippen LogP contribution in [-0.4, -0.2) is 45.3 Å². The Labute approximate surface area is 138 Å². The molecule has 1 aromatic rings. The van der Waals surface area contributed by atoms with Crippen LogP contribution in [0.15, 0.2) is 4.99 Å². The summed E-state index contributed by atoms with van der Waals surface area (Å²) in [6, 6.07) is 0. The molecule has 0 spiro atoms. The molecule has 0 saturated heterocycles. The Bertz CT molecular complexity index is 660. The molecular formula is C12H16F3N3O5S. The Morgan fingerprint density at radius 2 is 1.96 bits per heavy atom. The molecule has 0 saturated carbocycles. The van der Waals surface area contributed by atoms with Crippen molar-refractivity contribution >= 4 is 23.4 Å². The van der Waals surface area contributed by atoms with Gasteiger partial charge in [-0.15, -0.1) is 4.99 Å². The number of hydrogen-bond donors (Lipinski definition) is 1. The fourth-order valence-electron chi connectivity index (χ4n) is 1.34. The monoisotopic (exact) mass is 371 g/mol. The van der Waals surface area contributed by atoms with E-state index in [4.69, 9.17) is 9.84 Å². The predicted molar refractivity (Wildman–Crippen MR) is 75.2 cm³/mol. The average molecular weight is 371 g/mol. The third-order valence-electron chi connectivity index (χ3n) is 2.02. The summed E-state index contributed by atoms with van der Waals surface area (Å²) < 4.78 is 46.4. The van der Waals surface area contributed by atoms with Gasteiger partial charge in [0.15, 0.2) is 0 Å². The molecule has 0 radical (unpaired) electrons. The van der Waals surface area contributed by atoms with Gasteiger partial charge in [-0.05, 0) is 20.8 Å². The summed E-state index contributed by atoms with van der Waals surface area (Å²) in [5.41, 5.74) is -0.804. The summed E-state index contributed by atoms with van der Waals surface area (Å²) in [6.07, 6.45) is -5.45. The second kappa shape index (κ2) is 7.75. The molecule has 0 aliphatic heterocycles. The standard InChI is InChI=1S/C12H16F3N3O5S/c1-11(2,3)23-10(21)16-9-18(4-8(19)20)17-7(24-9)5-22-6-12(13,14)15/h4-6H2,1-3H3,(H,19,20). The van der Waals surface area contributed by atoms with Gasteiger partial charge in [0.05, 0.1) is 0 Å². The first kappa shape index (κ1) is 20.1. The molecule has 0 atom stereocenters. The van der Waals surface area contributed by atoms with Crippen LogP contribution < -0.4 is 4.80 Å². The van der Waals surface area contributed by atoms with Gasteiger partial charge in [0.25, 0.3) is 0 Å². The Balaban J connectivity index is 2.96. The van der Waals surface area contributed by atoms with Gasteiger partial charge in [0.2, 0.25) is 4.80 Å². The van der Waals surface area contributed by atoms with Crippen LogP contribution in [-0.2, 0) is 27.4 Å². The number of carbonyl (C=O) groups is 2. The van der Waals surface area contributed by atoms with E-state index in [0.29, 0.717) is 0 Å². The molecule has 1 heterocycles. The number of carboxylic acid groups (broad SMARTS) is 1. The topological polar surface area (TPSA) is 103 Å². The van der Waals surface area contributed by atoms with Crippen molar-refractivity contribution in [3.05, 3.63) is 9.81 Å². The fourth-order valence-corrected chi connectivity index (χ4v) is 2.17. The zero-order valence-corrected chi connectivity index (χ0v) is 13.9. The zero-order valence-electron chi connectivity index (χ0n) is 13.1. The minimum Gasteiger partial charge on any atom is -0.480 e. The maximum atomic E-state index is 12.0. The number of nitrogens with zero attached hydrogens (tertiary/aromatic N) is 3. The molecule has 0 aliphatic carbocycles. The van der Waals surface area contributed by atoms with Gasteiger partial charge in [-0.25, -0.2) is 9.48 Å². The third kappa shape index (κ3) is 8.06. The lowest BCUT2D eigenvalue weighted by Gasteiger charge is -2.16.